The average Bonchev–Trinajstić information content (AvgIpc) is 2.40. The molecule has 2 N–H and O–H groups in total. The molecule has 1 heterocycles. The summed E-state index contributed by atoms with van der Waals surface area (Å²) in [5, 5.41) is 0. The molecule has 0 amide bonds. The number of benzene rings is 1. The maximum Gasteiger partial charge on any atom is 0.0499 e. The lowest BCUT2D eigenvalue weighted by atomic mass is 9.82. The highest BCUT2D eigenvalue weighted by molar-refractivity contribution is 5.26. The Balaban J connectivity index is 2.18. The van der Waals surface area contributed by atoms with Crippen LogP contribution in [0.15, 0.2) is 35.9 Å². The standard InChI is InChI=1S/C19H30N2/c1-14-6-8-16(9-7-14)18(15(2)20)21-12-10-17(11-13-21)19(3,4)5/h6-10,15,18H,11-13,20H2,1-5H3. The fraction of sp³-hybridized carbons (Fsp3) is 0.579. The second-order valence-corrected chi connectivity index (χ2v) is 7.44. The van der Waals surface area contributed by atoms with E-state index in [9.17, 15) is 0 Å². The fourth-order valence-corrected chi connectivity index (χ4v) is 3.23. The van der Waals surface area contributed by atoms with Crippen LogP contribution in [-0.2, 0) is 0 Å². The zero-order valence-corrected chi connectivity index (χ0v) is 14.2. The van der Waals surface area contributed by atoms with E-state index in [1.54, 1.807) is 5.57 Å². The molecule has 1 aromatic carbocycles. The third-order valence-corrected chi connectivity index (χ3v) is 4.51. The molecule has 0 saturated heterocycles. The van der Waals surface area contributed by atoms with E-state index in [0.717, 1.165) is 19.5 Å². The molecule has 0 aromatic heterocycles. The maximum absolute atomic E-state index is 6.30. The predicted molar refractivity (Wildman–Crippen MR) is 91.3 cm³/mol. The van der Waals surface area contributed by atoms with Crippen LogP contribution in [0.3, 0.4) is 0 Å². The molecule has 1 aromatic rings. The normalized spacial score (nSPS) is 20.0. The summed E-state index contributed by atoms with van der Waals surface area (Å²) in [6, 6.07) is 9.27. The van der Waals surface area contributed by atoms with E-state index >= 15 is 0 Å². The predicted octanol–water partition coefficient (Wildman–Crippen LogP) is 4.06. The second kappa shape index (κ2) is 6.33. The zero-order chi connectivity index (χ0) is 15.6. The van der Waals surface area contributed by atoms with Crippen molar-refractivity contribution < 1.29 is 0 Å². The number of nitrogens with zero attached hydrogens (tertiary/aromatic N) is 1. The molecule has 0 aliphatic carbocycles. The molecule has 0 fully saturated rings. The molecule has 1 aliphatic heterocycles. The molecule has 2 rings (SSSR count). The molecule has 2 unspecified atom stereocenters. The SMILES string of the molecule is Cc1ccc(C(C(C)N)N2CC=C(C(C)(C)C)CC2)cc1. The van der Waals surface area contributed by atoms with Crippen LogP contribution in [0.4, 0.5) is 0 Å². The Morgan fingerprint density at radius 2 is 1.76 bits per heavy atom. The summed E-state index contributed by atoms with van der Waals surface area (Å²) >= 11 is 0. The first kappa shape index (κ1) is 16.3. The van der Waals surface area contributed by atoms with Gasteiger partial charge >= 0.3 is 0 Å². The Morgan fingerprint density at radius 3 is 2.19 bits per heavy atom. The van der Waals surface area contributed by atoms with Gasteiger partial charge in [-0.25, -0.2) is 0 Å². The Hall–Kier alpha value is -1.12. The van der Waals surface area contributed by atoms with Crippen LogP contribution < -0.4 is 5.73 Å². The molecule has 116 valence electrons. The van der Waals surface area contributed by atoms with Crippen molar-refractivity contribution in [2.45, 2.75) is 53.1 Å². The summed E-state index contributed by atoms with van der Waals surface area (Å²) in [6.07, 6.45) is 3.56. The molecule has 0 saturated carbocycles. The molecule has 21 heavy (non-hydrogen) atoms. The first-order valence-electron chi connectivity index (χ1n) is 8.05. The molecule has 1 aliphatic rings. The fourth-order valence-electron chi connectivity index (χ4n) is 3.23. The first-order valence-corrected chi connectivity index (χ1v) is 8.05. The Bertz CT molecular complexity index is 491. The average molecular weight is 286 g/mol. The number of hydrogen-bond donors (Lipinski definition) is 1. The topological polar surface area (TPSA) is 29.3 Å². The summed E-state index contributed by atoms with van der Waals surface area (Å²) < 4.78 is 0. The van der Waals surface area contributed by atoms with E-state index < -0.39 is 0 Å². The third-order valence-electron chi connectivity index (χ3n) is 4.51. The van der Waals surface area contributed by atoms with Crippen molar-refractivity contribution in [3.8, 4) is 0 Å². The van der Waals surface area contributed by atoms with Crippen LogP contribution in [0.2, 0.25) is 0 Å². The van der Waals surface area contributed by atoms with Crippen molar-refractivity contribution in [3.05, 3.63) is 47.0 Å². The minimum atomic E-state index is 0.136. The van der Waals surface area contributed by atoms with Gasteiger partial charge in [0, 0.05) is 25.2 Å². The van der Waals surface area contributed by atoms with Crippen LogP contribution in [0, 0.1) is 12.3 Å². The maximum atomic E-state index is 6.30. The van der Waals surface area contributed by atoms with Crippen molar-refractivity contribution in [1.29, 1.82) is 0 Å². The highest BCUT2D eigenvalue weighted by Crippen LogP contribution is 2.33. The van der Waals surface area contributed by atoms with Crippen LogP contribution in [0.5, 0.6) is 0 Å². The van der Waals surface area contributed by atoms with E-state index in [2.05, 4.69) is 69.9 Å². The van der Waals surface area contributed by atoms with Crippen molar-refractivity contribution in [3.63, 3.8) is 0 Å². The molecule has 2 heteroatoms. The molecular weight excluding hydrogens is 256 g/mol. The van der Waals surface area contributed by atoms with Gasteiger partial charge in [0.1, 0.15) is 0 Å². The summed E-state index contributed by atoms with van der Waals surface area (Å²) in [7, 11) is 0. The molecule has 0 spiro atoms. The highest BCUT2D eigenvalue weighted by atomic mass is 15.2. The summed E-state index contributed by atoms with van der Waals surface area (Å²) in [4.78, 5) is 2.52. The zero-order valence-electron chi connectivity index (χ0n) is 14.2. The van der Waals surface area contributed by atoms with E-state index in [1.807, 2.05) is 0 Å². The van der Waals surface area contributed by atoms with E-state index in [4.69, 9.17) is 5.73 Å². The molecule has 0 radical (unpaired) electrons. The second-order valence-electron chi connectivity index (χ2n) is 7.44. The van der Waals surface area contributed by atoms with Crippen LogP contribution in [0.1, 0.15) is 51.3 Å². The molecule has 2 nitrogen and oxygen atoms in total. The van der Waals surface area contributed by atoms with E-state index in [0.29, 0.717) is 11.5 Å². The highest BCUT2D eigenvalue weighted by Gasteiger charge is 2.28. The van der Waals surface area contributed by atoms with Gasteiger partial charge in [0.2, 0.25) is 0 Å². The quantitative estimate of drug-likeness (QED) is 0.849. The van der Waals surface area contributed by atoms with Crippen LogP contribution >= 0.6 is 0 Å². The van der Waals surface area contributed by atoms with Gasteiger partial charge in [0.25, 0.3) is 0 Å². The van der Waals surface area contributed by atoms with Crippen molar-refractivity contribution in [2.75, 3.05) is 13.1 Å². The summed E-state index contributed by atoms with van der Waals surface area (Å²) in [5.41, 5.74) is 10.8. The minimum Gasteiger partial charge on any atom is -0.326 e. The third kappa shape index (κ3) is 3.96. The number of hydrogen-bond acceptors (Lipinski definition) is 2. The van der Waals surface area contributed by atoms with Crippen molar-refractivity contribution >= 4 is 0 Å². The van der Waals surface area contributed by atoms with Gasteiger partial charge in [-0.15, -0.1) is 0 Å². The smallest absolute Gasteiger partial charge is 0.0499 e. The molecule has 2 atom stereocenters. The van der Waals surface area contributed by atoms with Gasteiger partial charge in [0.05, 0.1) is 0 Å². The van der Waals surface area contributed by atoms with Gasteiger partial charge in [0.15, 0.2) is 0 Å². The van der Waals surface area contributed by atoms with E-state index in [1.165, 1.54) is 11.1 Å². The molecular formula is C19H30N2. The molecule has 0 bridgehead atoms. The van der Waals surface area contributed by atoms with Gasteiger partial charge < -0.3 is 5.73 Å². The van der Waals surface area contributed by atoms with E-state index in [-0.39, 0.29) is 6.04 Å². The monoisotopic (exact) mass is 286 g/mol. The van der Waals surface area contributed by atoms with Crippen molar-refractivity contribution in [1.82, 2.24) is 4.90 Å². The first-order chi connectivity index (χ1) is 9.79. The Labute approximate surface area is 130 Å². The number of aryl methyl sites for hydroxylation is 1. The Kier molecular flexibility index (Phi) is 4.90. The van der Waals surface area contributed by atoms with Crippen molar-refractivity contribution in [2.24, 2.45) is 11.1 Å². The van der Waals surface area contributed by atoms with Gasteiger partial charge in [-0.05, 0) is 31.2 Å². The van der Waals surface area contributed by atoms with Gasteiger partial charge in [-0.3, -0.25) is 4.90 Å². The summed E-state index contributed by atoms with van der Waals surface area (Å²) in [6.45, 7) is 13.3. The number of nitrogens with two attached hydrogens (primary N) is 1. The largest absolute Gasteiger partial charge is 0.326 e. The Morgan fingerprint density at radius 1 is 1.14 bits per heavy atom. The lowest BCUT2D eigenvalue weighted by Gasteiger charge is -2.38. The number of rotatable bonds is 3. The van der Waals surface area contributed by atoms with Crippen LogP contribution in [-0.4, -0.2) is 24.0 Å². The minimum absolute atomic E-state index is 0.136. The lowest BCUT2D eigenvalue weighted by molar-refractivity contribution is 0.184. The van der Waals surface area contributed by atoms with Gasteiger partial charge in [-0.2, -0.15) is 0 Å². The summed E-state index contributed by atoms with van der Waals surface area (Å²) in [5.74, 6) is 0. The lowest BCUT2D eigenvalue weighted by Crippen LogP contribution is -2.42. The van der Waals surface area contributed by atoms with Crippen LogP contribution in [0.25, 0.3) is 0 Å². The van der Waals surface area contributed by atoms with Gasteiger partial charge in [-0.1, -0.05) is 62.2 Å².